The minimum Gasteiger partial charge on any atom is -0.323 e. The topological polar surface area (TPSA) is 104 Å². The summed E-state index contributed by atoms with van der Waals surface area (Å²) in [6.45, 7) is 0.0997. The molecular formula is C14H16BrN3O4S. The van der Waals surface area contributed by atoms with Crippen LogP contribution in [-0.4, -0.2) is 32.4 Å². The van der Waals surface area contributed by atoms with Gasteiger partial charge in [0.05, 0.1) is 4.90 Å². The monoisotopic (exact) mass is 401 g/mol. The Kier molecular flexibility index (Phi) is 4.19. The standard InChI is InChI=1S/C14H16BrN3O4S/c15-10-4-1-5-11(7-10)23(21,22)16-8-9-3-2-6-14(9)12(19)17-13(20)18-14/h1,4-5,7,9,16H,2-3,6,8H2,(H2,17,18,19,20). The van der Waals surface area contributed by atoms with Crippen molar-refractivity contribution in [3.63, 3.8) is 0 Å². The summed E-state index contributed by atoms with van der Waals surface area (Å²) in [5, 5.41) is 4.92. The van der Waals surface area contributed by atoms with Gasteiger partial charge in [0.15, 0.2) is 0 Å². The van der Waals surface area contributed by atoms with Crippen LogP contribution in [0.2, 0.25) is 0 Å². The average molecular weight is 402 g/mol. The third-order valence-corrected chi connectivity index (χ3v) is 6.33. The van der Waals surface area contributed by atoms with E-state index in [2.05, 4.69) is 31.3 Å². The minimum absolute atomic E-state index is 0.0997. The fourth-order valence-corrected chi connectivity index (χ4v) is 4.93. The van der Waals surface area contributed by atoms with Crippen LogP contribution in [0.5, 0.6) is 0 Å². The van der Waals surface area contributed by atoms with E-state index in [0.29, 0.717) is 17.3 Å². The first-order chi connectivity index (χ1) is 10.8. The summed E-state index contributed by atoms with van der Waals surface area (Å²) in [6, 6.07) is 5.87. The molecule has 1 aliphatic carbocycles. The number of carbonyl (C=O) groups excluding carboxylic acids is 2. The lowest BCUT2D eigenvalue weighted by Gasteiger charge is -2.28. The number of hydrogen-bond acceptors (Lipinski definition) is 4. The van der Waals surface area contributed by atoms with Gasteiger partial charge in [-0.1, -0.05) is 28.4 Å². The molecule has 23 heavy (non-hydrogen) atoms. The van der Waals surface area contributed by atoms with Crippen molar-refractivity contribution in [1.29, 1.82) is 0 Å². The van der Waals surface area contributed by atoms with Crippen LogP contribution in [0.25, 0.3) is 0 Å². The predicted octanol–water partition coefficient (Wildman–Crippen LogP) is 1.11. The molecule has 2 unspecified atom stereocenters. The van der Waals surface area contributed by atoms with Gasteiger partial charge in [0.2, 0.25) is 10.0 Å². The van der Waals surface area contributed by atoms with Crippen LogP contribution in [-0.2, 0) is 14.8 Å². The highest BCUT2D eigenvalue weighted by atomic mass is 79.9. The molecule has 124 valence electrons. The Morgan fingerprint density at radius 3 is 2.78 bits per heavy atom. The maximum atomic E-state index is 12.4. The largest absolute Gasteiger partial charge is 0.323 e. The molecule has 0 radical (unpaired) electrons. The minimum atomic E-state index is -3.67. The van der Waals surface area contributed by atoms with Crippen molar-refractivity contribution < 1.29 is 18.0 Å². The van der Waals surface area contributed by atoms with Gasteiger partial charge >= 0.3 is 6.03 Å². The fourth-order valence-electron chi connectivity index (χ4n) is 3.25. The van der Waals surface area contributed by atoms with Gasteiger partial charge in [-0.2, -0.15) is 0 Å². The molecule has 3 N–H and O–H groups in total. The fraction of sp³-hybridized carbons (Fsp3) is 0.429. The van der Waals surface area contributed by atoms with Crippen LogP contribution in [0, 0.1) is 5.92 Å². The van der Waals surface area contributed by atoms with Crippen LogP contribution in [0.15, 0.2) is 33.6 Å². The van der Waals surface area contributed by atoms with E-state index in [0.717, 1.165) is 6.42 Å². The normalized spacial score (nSPS) is 27.3. The molecule has 1 saturated carbocycles. The van der Waals surface area contributed by atoms with Gasteiger partial charge in [0, 0.05) is 16.9 Å². The quantitative estimate of drug-likeness (QED) is 0.657. The third kappa shape index (κ3) is 3.00. The van der Waals surface area contributed by atoms with Gasteiger partial charge < -0.3 is 5.32 Å². The Morgan fingerprint density at radius 1 is 1.35 bits per heavy atom. The second kappa shape index (κ2) is 5.88. The van der Waals surface area contributed by atoms with Gasteiger partial charge in [-0.3, -0.25) is 10.1 Å². The van der Waals surface area contributed by atoms with Crippen molar-refractivity contribution in [3.8, 4) is 0 Å². The first-order valence-electron chi connectivity index (χ1n) is 7.22. The summed E-state index contributed by atoms with van der Waals surface area (Å²) in [5.41, 5.74) is -0.989. The van der Waals surface area contributed by atoms with Crippen molar-refractivity contribution in [2.24, 2.45) is 5.92 Å². The molecule has 0 aromatic heterocycles. The number of sulfonamides is 1. The molecule has 2 aliphatic rings. The molecule has 1 aromatic carbocycles. The predicted molar refractivity (Wildman–Crippen MR) is 86.1 cm³/mol. The lowest BCUT2D eigenvalue weighted by Crippen LogP contribution is -2.53. The lowest BCUT2D eigenvalue weighted by molar-refractivity contribution is -0.125. The summed E-state index contributed by atoms with van der Waals surface area (Å²) >= 11 is 3.24. The molecule has 7 nitrogen and oxygen atoms in total. The van der Waals surface area contributed by atoms with E-state index in [-0.39, 0.29) is 23.3 Å². The SMILES string of the molecule is O=C1NC(=O)C2(CCCC2CNS(=O)(=O)c2cccc(Br)c2)N1. The zero-order valence-corrected chi connectivity index (χ0v) is 14.5. The van der Waals surface area contributed by atoms with Crippen LogP contribution >= 0.6 is 15.9 Å². The maximum absolute atomic E-state index is 12.4. The lowest BCUT2D eigenvalue weighted by atomic mass is 9.87. The Balaban J connectivity index is 1.75. The maximum Gasteiger partial charge on any atom is 0.322 e. The Morgan fingerprint density at radius 2 is 2.13 bits per heavy atom. The molecule has 1 saturated heterocycles. The van der Waals surface area contributed by atoms with E-state index < -0.39 is 21.6 Å². The summed E-state index contributed by atoms with van der Waals surface area (Å²) in [5.74, 6) is -0.637. The van der Waals surface area contributed by atoms with Gasteiger partial charge in [0.25, 0.3) is 5.91 Å². The van der Waals surface area contributed by atoms with E-state index in [1.54, 1.807) is 12.1 Å². The number of benzene rings is 1. The van der Waals surface area contributed by atoms with Crippen molar-refractivity contribution >= 4 is 37.9 Å². The summed E-state index contributed by atoms with van der Waals surface area (Å²) in [6.07, 6.45) is 1.96. The number of urea groups is 1. The van der Waals surface area contributed by atoms with Crippen LogP contribution in [0.3, 0.4) is 0 Å². The van der Waals surface area contributed by atoms with E-state index in [1.165, 1.54) is 12.1 Å². The van der Waals surface area contributed by atoms with Crippen LogP contribution < -0.4 is 15.4 Å². The molecule has 1 aromatic rings. The molecule has 2 atom stereocenters. The molecule has 1 spiro atoms. The smallest absolute Gasteiger partial charge is 0.322 e. The molecule has 0 bridgehead atoms. The van der Waals surface area contributed by atoms with Crippen LogP contribution in [0.1, 0.15) is 19.3 Å². The number of imide groups is 1. The number of nitrogens with one attached hydrogen (secondary N) is 3. The van der Waals surface area contributed by atoms with Crippen molar-refractivity contribution in [2.75, 3.05) is 6.54 Å². The van der Waals surface area contributed by atoms with Crippen molar-refractivity contribution in [3.05, 3.63) is 28.7 Å². The number of rotatable bonds is 4. The van der Waals surface area contributed by atoms with Gasteiger partial charge in [-0.05, 0) is 31.0 Å². The highest BCUT2D eigenvalue weighted by molar-refractivity contribution is 9.10. The molecule has 9 heteroatoms. The second-order valence-corrected chi connectivity index (χ2v) is 8.46. The van der Waals surface area contributed by atoms with E-state index >= 15 is 0 Å². The summed E-state index contributed by atoms with van der Waals surface area (Å²) < 4.78 is 28.0. The molecule has 1 aliphatic heterocycles. The second-order valence-electron chi connectivity index (χ2n) is 5.78. The third-order valence-electron chi connectivity index (χ3n) is 4.42. The summed E-state index contributed by atoms with van der Waals surface area (Å²) in [7, 11) is -3.67. The van der Waals surface area contributed by atoms with Gasteiger partial charge in [0.1, 0.15) is 5.54 Å². The first-order valence-corrected chi connectivity index (χ1v) is 9.50. The average Bonchev–Trinajstić information content (AvgIpc) is 3.01. The molecule has 2 fully saturated rings. The van der Waals surface area contributed by atoms with Gasteiger partial charge in [-0.15, -0.1) is 0 Å². The number of carbonyl (C=O) groups is 2. The van der Waals surface area contributed by atoms with E-state index in [4.69, 9.17) is 0 Å². The highest BCUT2D eigenvalue weighted by Gasteiger charge is 2.54. The zero-order chi connectivity index (χ0) is 16.7. The Bertz CT molecular complexity index is 767. The molecule has 1 heterocycles. The Labute approximate surface area is 142 Å². The van der Waals surface area contributed by atoms with E-state index in [1.807, 2.05) is 0 Å². The van der Waals surface area contributed by atoms with Gasteiger partial charge in [-0.25, -0.2) is 17.9 Å². The molecule has 3 rings (SSSR count). The Hall–Kier alpha value is -1.45. The number of halogens is 1. The van der Waals surface area contributed by atoms with E-state index in [9.17, 15) is 18.0 Å². The zero-order valence-electron chi connectivity index (χ0n) is 12.1. The molecular weight excluding hydrogens is 386 g/mol. The number of hydrogen-bond donors (Lipinski definition) is 3. The van der Waals surface area contributed by atoms with Crippen molar-refractivity contribution in [2.45, 2.75) is 29.7 Å². The van der Waals surface area contributed by atoms with Crippen molar-refractivity contribution in [1.82, 2.24) is 15.4 Å². The highest BCUT2D eigenvalue weighted by Crippen LogP contribution is 2.37. The molecule has 3 amide bonds. The summed E-state index contributed by atoms with van der Waals surface area (Å²) in [4.78, 5) is 23.7. The first kappa shape index (κ1) is 16.4. The van der Waals surface area contributed by atoms with Crippen LogP contribution in [0.4, 0.5) is 4.79 Å². The number of amides is 3.